The maximum Gasteiger partial charge on any atom is 0.322 e. The molecule has 1 aliphatic rings. The van der Waals surface area contributed by atoms with Crippen LogP contribution in [-0.4, -0.2) is 34.3 Å². The molecule has 8 heteroatoms. The van der Waals surface area contributed by atoms with Crippen molar-refractivity contribution in [3.63, 3.8) is 0 Å². The number of aryl methyl sites for hydroxylation is 1. The summed E-state index contributed by atoms with van der Waals surface area (Å²) < 4.78 is 4.15. The van der Waals surface area contributed by atoms with Crippen LogP contribution in [0.2, 0.25) is 0 Å². The van der Waals surface area contributed by atoms with E-state index < -0.39 is 0 Å². The lowest BCUT2D eigenvalue weighted by Crippen LogP contribution is -2.45. The van der Waals surface area contributed by atoms with Crippen LogP contribution in [0.15, 0.2) is 23.6 Å². The van der Waals surface area contributed by atoms with Crippen LogP contribution < -0.4 is 10.6 Å². The molecule has 1 atom stereocenters. The monoisotopic (exact) mass is 350 g/mol. The second-order valence-corrected chi connectivity index (χ2v) is 7.27. The summed E-state index contributed by atoms with van der Waals surface area (Å²) in [5.74, 6) is -0.220. The Bertz CT molecular complexity index is 683. The lowest BCUT2D eigenvalue weighted by atomic mass is 9.97. The van der Waals surface area contributed by atoms with Gasteiger partial charge in [-0.2, -0.15) is 4.37 Å². The Balaban J connectivity index is 1.56. The summed E-state index contributed by atoms with van der Waals surface area (Å²) in [5.41, 5.74) is 0.894. The third-order valence-corrected chi connectivity index (χ3v) is 5.29. The minimum Gasteiger partial charge on any atom is -0.324 e. The molecule has 0 saturated carbocycles. The molecule has 3 rings (SSSR count). The highest BCUT2D eigenvalue weighted by Gasteiger charge is 2.28. The van der Waals surface area contributed by atoms with Crippen LogP contribution in [0.1, 0.15) is 18.5 Å². The van der Waals surface area contributed by atoms with Crippen molar-refractivity contribution >= 4 is 44.8 Å². The first-order valence-electron chi connectivity index (χ1n) is 7.45. The molecule has 122 valence electrons. The van der Waals surface area contributed by atoms with Crippen molar-refractivity contribution in [2.24, 2.45) is 5.92 Å². The Morgan fingerprint density at radius 2 is 2.22 bits per heavy atom. The van der Waals surface area contributed by atoms with Crippen molar-refractivity contribution in [1.82, 2.24) is 9.27 Å². The third-order valence-electron chi connectivity index (χ3n) is 3.71. The fourth-order valence-corrected chi connectivity index (χ4v) is 3.83. The van der Waals surface area contributed by atoms with E-state index in [1.54, 1.807) is 4.90 Å². The van der Waals surface area contributed by atoms with E-state index in [9.17, 15) is 9.59 Å². The zero-order chi connectivity index (χ0) is 16.2. The van der Waals surface area contributed by atoms with Gasteiger partial charge in [0.05, 0.1) is 16.6 Å². The molecule has 0 aliphatic carbocycles. The number of anilines is 2. The Labute approximate surface area is 142 Å². The second-order valence-electron chi connectivity index (χ2n) is 5.51. The molecule has 3 heterocycles. The number of thiophene rings is 1. The van der Waals surface area contributed by atoms with E-state index in [-0.39, 0.29) is 17.9 Å². The molecule has 2 N–H and O–H groups in total. The Hall–Kier alpha value is -1.93. The summed E-state index contributed by atoms with van der Waals surface area (Å²) in [6.45, 7) is 3.02. The molecule has 1 saturated heterocycles. The molecule has 0 bridgehead atoms. The summed E-state index contributed by atoms with van der Waals surface area (Å²) in [6.07, 6.45) is 1.63. The van der Waals surface area contributed by atoms with Gasteiger partial charge in [0.1, 0.15) is 5.00 Å². The van der Waals surface area contributed by atoms with Gasteiger partial charge in [-0.05, 0) is 54.9 Å². The predicted octanol–water partition coefficient (Wildman–Crippen LogP) is 3.40. The molecular weight excluding hydrogens is 332 g/mol. The van der Waals surface area contributed by atoms with Crippen molar-refractivity contribution in [2.75, 3.05) is 23.7 Å². The van der Waals surface area contributed by atoms with Crippen LogP contribution in [0, 0.1) is 12.8 Å². The van der Waals surface area contributed by atoms with Gasteiger partial charge in [-0.25, -0.2) is 4.79 Å². The Morgan fingerprint density at radius 1 is 1.35 bits per heavy atom. The minimum atomic E-state index is -0.180. The zero-order valence-corrected chi connectivity index (χ0v) is 14.4. The number of rotatable bonds is 3. The lowest BCUT2D eigenvalue weighted by molar-refractivity contribution is -0.121. The summed E-state index contributed by atoms with van der Waals surface area (Å²) >= 11 is 2.76. The molecule has 2 aromatic heterocycles. The first-order valence-corrected chi connectivity index (χ1v) is 9.11. The molecule has 0 spiro atoms. The van der Waals surface area contributed by atoms with Crippen molar-refractivity contribution in [2.45, 2.75) is 19.8 Å². The van der Waals surface area contributed by atoms with Gasteiger partial charge in [0.15, 0.2) is 0 Å². The fourth-order valence-electron chi connectivity index (χ4n) is 2.56. The number of carbonyl (C=O) groups is 2. The molecule has 1 unspecified atom stereocenters. The Morgan fingerprint density at radius 3 is 2.91 bits per heavy atom. The summed E-state index contributed by atoms with van der Waals surface area (Å²) in [4.78, 5) is 26.4. The number of urea groups is 1. The second kappa shape index (κ2) is 7.10. The molecule has 6 nitrogen and oxygen atoms in total. The van der Waals surface area contributed by atoms with Gasteiger partial charge in [-0.1, -0.05) is 0 Å². The van der Waals surface area contributed by atoms with E-state index in [1.165, 1.54) is 22.9 Å². The zero-order valence-electron chi connectivity index (χ0n) is 12.7. The molecular formula is C15H18N4O2S2. The van der Waals surface area contributed by atoms with E-state index in [2.05, 4.69) is 15.0 Å². The number of aromatic nitrogens is 1. The van der Waals surface area contributed by atoms with E-state index in [4.69, 9.17) is 0 Å². The number of hydrogen-bond donors (Lipinski definition) is 2. The number of nitrogens with one attached hydrogen (secondary N) is 2. The average molecular weight is 350 g/mol. The number of piperidine rings is 1. The van der Waals surface area contributed by atoms with Crippen LogP contribution in [0.4, 0.5) is 14.8 Å². The van der Waals surface area contributed by atoms with Gasteiger partial charge in [0.25, 0.3) is 0 Å². The number of nitrogens with zero attached hydrogens (tertiary/aromatic N) is 2. The van der Waals surface area contributed by atoms with Gasteiger partial charge >= 0.3 is 6.03 Å². The Kier molecular flexibility index (Phi) is 4.92. The van der Waals surface area contributed by atoms with Crippen molar-refractivity contribution < 1.29 is 9.59 Å². The normalized spacial score (nSPS) is 17.8. The van der Waals surface area contributed by atoms with E-state index in [1.807, 2.05) is 30.5 Å². The quantitative estimate of drug-likeness (QED) is 0.891. The van der Waals surface area contributed by atoms with Crippen LogP contribution in [-0.2, 0) is 4.79 Å². The van der Waals surface area contributed by atoms with Crippen molar-refractivity contribution in [3.05, 3.63) is 29.3 Å². The summed E-state index contributed by atoms with van der Waals surface area (Å²) in [7, 11) is 0. The van der Waals surface area contributed by atoms with Crippen LogP contribution in [0.5, 0.6) is 0 Å². The molecule has 23 heavy (non-hydrogen) atoms. The summed E-state index contributed by atoms with van der Waals surface area (Å²) in [6, 6.07) is 5.47. The van der Waals surface area contributed by atoms with Gasteiger partial charge in [0.2, 0.25) is 5.91 Å². The third kappa shape index (κ3) is 4.08. The van der Waals surface area contributed by atoms with E-state index in [0.717, 1.165) is 28.5 Å². The average Bonchev–Trinajstić information content (AvgIpc) is 3.19. The number of amides is 3. The molecule has 0 radical (unpaired) electrons. The smallest absolute Gasteiger partial charge is 0.322 e. The van der Waals surface area contributed by atoms with Gasteiger partial charge in [0, 0.05) is 13.1 Å². The highest BCUT2D eigenvalue weighted by Crippen LogP contribution is 2.22. The van der Waals surface area contributed by atoms with Crippen LogP contribution >= 0.6 is 22.9 Å². The maximum absolute atomic E-state index is 12.4. The number of likely N-dealkylation sites (tertiary alicyclic amines) is 1. The molecule has 3 amide bonds. The standard InChI is InChI=1S/C15H18N4O2S2/c1-10-8-13(23-18-10)16-14(20)11-4-2-6-19(9-11)15(21)17-12-5-3-7-22-12/h3,5,7-8,11H,2,4,6,9H2,1H3,(H,16,20)(H,17,21). The van der Waals surface area contributed by atoms with Crippen molar-refractivity contribution in [1.29, 1.82) is 0 Å². The molecule has 1 aliphatic heterocycles. The fraction of sp³-hybridized carbons (Fsp3) is 0.400. The molecule has 0 aromatic carbocycles. The predicted molar refractivity (Wildman–Crippen MR) is 93.1 cm³/mol. The van der Waals surface area contributed by atoms with Gasteiger partial charge in [-0.15, -0.1) is 11.3 Å². The maximum atomic E-state index is 12.4. The number of carbonyl (C=O) groups excluding carboxylic acids is 2. The largest absolute Gasteiger partial charge is 0.324 e. The topological polar surface area (TPSA) is 74.3 Å². The van der Waals surface area contributed by atoms with Crippen LogP contribution in [0.3, 0.4) is 0 Å². The summed E-state index contributed by atoms with van der Waals surface area (Å²) in [5, 5.41) is 9.26. The highest BCUT2D eigenvalue weighted by atomic mass is 32.1. The number of hydrogen-bond acceptors (Lipinski definition) is 5. The van der Waals surface area contributed by atoms with E-state index >= 15 is 0 Å². The van der Waals surface area contributed by atoms with Crippen LogP contribution in [0.25, 0.3) is 0 Å². The van der Waals surface area contributed by atoms with Gasteiger partial charge < -0.3 is 10.2 Å². The van der Waals surface area contributed by atoms with E-state index in [0.29, 0.717) is 13.1 Å². The minimum absolute atomic E-state index is 0.0396. The van der Waals surface area contributed by atoms with Gasteiger partial charge in [-0.3, -0.25) is 10.1 Å². The highest BCUT2D eigenvalue weighted by molar-refractivity contribution is 7.14. The van der Waals surface area contributed by atoms with Crippen molar-refractivity contribution in [3.8, 4) is 0 Å². The lowest BCUT2D eigenvalue weighted by Gasteiger charge is -2.31. The molecule has 2 aromatic rings. The first kappa shape index (κ1) is 15.9. The molecule has 1 fully saturated rings. The first-order chi connectivity index (χ1) is 11.1. The SMILES string of the molecule is Cc1cc(NC(=O)C2CCCN(C(=O)Nc3cccs3)C2)sn1.